The van der Waals surface area contributed by atoms with Crippen molar-refractivity contribution in [2.75, 3.05) is 13.1 Å². The summed E-state index contributed by atoms with van der Waals surface area (Å²) in [7, 11) is 0. The Labute approximate surface area is 95.4 Å². The van der Waals surface area contributed by atoms with Gasteiger partial charge in [0, 0.05) is 0 Å². The summed E-state index contributed by atoms with van der Waals surface area (Å²) >= 11 is 0. The van der Waals surface area contributed by atoms with Gasteiger partial charge in [0.15, 0.2) is 0 Å². The molecule has 0 aromatic heterocycles. The lowest BCUT2D eigenvalue weighted by Crippen LogP contribution is -2.62. The Bertz CT molecular complexity index is 196. The number of hydrogen-bond donors (Lipinski definition) is 0. The van der Waals surface area contributed by atoms with Crippen molar-refractivity contribution in [3.8, 4) is 0 Å². The van der Waals surface area contributed by atoms with E-state index in [1.807, 2.05) is 0 Å². The van der Waals surface area contributed by atoms with Crippen molar-refractivity contribution in [3.05, 3.63) is 0 Å². The first-order valence-corrected chi connectivity index (χ1v) is 7.16. The van der Waals surface area contributed by atoms with Gasteiger partial charge in [0.2, 0.25) is 0 Å². The summed E-state index contributed by atoms with van der Waals surface area (Å²) in [4.78, 5) is 0. The summed E-state index contributed by atoms with van der Waals surface area (Å²) in [6.07, 6.45) is 12.0. The van der Waals surface area contributed by atoms with E-state index in [0.717, 1.165) is 12.1 Å². The van der Waals surface area contributed by atoms with Gasteiger partial charge in [-0.25, -0.2) is 0 Å². The number of nitrogens with zero attached hydrogens (tertiary/aromatic N) is 1. The van der Waals surface area contributed by atoms with Crippen LogP contribution in [-0.2, 0) is 0 Å². The summed E-state index contributed by atoms with van der Waals surface area (Å²) in [6.45, 7) is 7.79. The summed E-state index contributed by atoms with van der Waals surface area (Å²) in [5.74, 6) is 0. The van der Waals surface area contributed by atoms with Crippen LogP contribution in [0.15, 0.2) is 0 Å². The summed E-state index contributed by atoms with van der Waals surface area (Å²) in [5.41, 5.74) is 0. The van der Waals surface area contributed by atoms with Gasteiger partial charge in [-0.15, -0.1) is 0 Å². The molecule has 1 heteroatoms. The minimum Gasteiger partial charge on any atom is -0.319 e. The van der Waals surface area contributed by atoms with Crippen LogP contribution in [0, 0.1) is 0 Å². The molecule has 1 nitrogen and oxygen atoms in total. The molecule has 88 valence electrons. The Kier molecular flexibility index (Phi) is 3.71. The second kappa shape index (κ2) is 4.86. The quantitative estimate of drug-likeness (QED) is 0.609. The van der Waals surface area contributed by atoms with Gasteiger partial charge in [0.1, 0.15) is 0 Å². The predicted octanol–water partition coefficient (Wildman–Crippen LogP) is 3.73. The average molecular weight is 210 g/mol. The molecule has 1 saturated carbocycles. The molecule has 0 N–H and O–H groups in total. The normalized spacial score (nSPS) is 39.2. The predicted molar refractivity (Wildman–Crippen MR) is 65.9 cm³/mol. The third kappa shape index (κ3) is 2.08. The highest BCUT2D eigenvalue weighted by Crippen LogP contribution is 2.35. The van der Waals surface area contributed by atoms with Crippen LogP contribution in [0.4, 0.5) is 0 Å². The lowest BCUT2D eigenvalue weighted by atomic mass is 9.87. The number of rotatable bonds is 2. The van der Waals surface area contributed by atoms with Crippen molar-refractivity contribution in [1.29, 1.82) is 0 Å². The fourth-order valence-corrected chi connectivity index (χ4v) is 4.19. The van der Waals surface area contributed by atoms with Gasteiger partial charge in [0.05, 0.1) is 25.2 Å². The molecule has 1 saturated heterocycles. The number of hydrogen-bond acceptors (Lipinski definition) is 0. The highest BCUT2D eigenvalue weighted by atomic mass is 15.4. The summed E-state index contributed by atoms with van der Waals surface area (Å²) in [6, 6.07) is 1.95. The molecule has 1 aliphatic heterocycles. The fraction of sp³-hybridized carbons (Fsp3) is 1.00. The highest BCUT2D eigenvalue weighted by molar-refractivity contribution is 4.72. The van der Waals surface area contributed by atoms with Crippen molar-refractivity contribution in [1.82, 2.24) is 0 Å². The van der Waals surface area contributed by atoms with E-state index < -0.39 is 0 Å². The second-order valence-corrected chi connectivity index (χ2v) is 5.78. The first-order valence-electron chi connectivity index (χ1n) is 7.16. The molecule has 0 spiro atoms. The zero-order valence-electron chi connectivity index (χ0n) is 10.7. The van der Waals surface area contributed by atoms with E-state index in [1.165, 1.54) is 68.9 Å². The minimum atomic E-state index is 0.937. The molecule has 2 rings (SSSR count). The monoisotopic (exact) mass is 210 g/mol. The minimum absolute atomic E-state index is 0.937. The molecule has 2 aliphatic rings. The molecular formula is C14H28N+. The average Bonchev–Trinajstić information content (AvgIpc) is 2.31. The van der Waals surface area contributed by atoms with Crippen LogP contribution in [0.1, 0.15) is 65.2 Å². The zero-order chi connectivity index (χ0) is 10.7. The molecule has 2 atom stereocenters. The number of quaternary nitrogens is 1. The Morgan fingerprint density at radius 3 is 2.20 bits per heavy atom. The van der Waals surface area contributed by atoms with Crippen LogP contribution < -0.4 is 0 Å². The van der Waals surface area contributed by atoms with E-state index in [-0.39, 0.29) is 0 Å². The topological polar surface area (TPSA) is 0 Å². The van der Waals surface area contributed by atoms with Crippen LogP contribution in [0.25, 0.3) is 0 Å². The van der Waals surface area contributed by atoms with E-state index in [0.29, 0.717) is 0 Å². The smallest absolute Gasteiger partial charge is 0.0892 e. The van der Waals surface area contributed by atoms with Gasteiger partial charge in [-0.05, 0) is 58.8 Å². The van der Waals surface area contributed by atoms with Gasteiger partial charge < -0.3 is 4.48 Å². The summed E-state index contributed by atoms with van der Waals surface area (Å²) < 4.78 is 1.47. The molecule has 0 aromatic carbocycles. The molecule has 0 aromatic rings. The molecule has 1 aliphatic carbocycles. The van der Waals surface area contributed by atoms with E-state index in [2.05, 4.69) is 13.8 Å². The first kappa shape index (κ1) is 11.4. The Balaban J connectivity index is 2.10. The molecule has 15 heavy (non-hydrogen) atoms. The van der Waals surface area contributed by atoms with Crippen LogP contribution in [-0.4, -0.2) is 29.7 Å². The van der Waals surface area contributed by atoms with Crippen molar-refractivity contribution < 1.29 is 4.48 Å². The molecule has 0 amide bonds. The largest absolute Gasteiger partial charge is 0.319 e. The molecule has 2 fully saturated rings. The SMILES string of the molecule is CC[N+]1(C2CCCCC2)CCCCC1C. The van der Waals surface area contributed by atoms with Crippen LogP contribution in [0.2, 0.25) is 0 Å². The standard InChI is InChI=1S/C14H28N/c1-3-15(12-8-7-9-13(15)2)14-10-5-4-6-11-14/h13-14H,3-12H2,1-2H3/q+1. The van der Waals surface area contributed by atoms with Gasteiger partial charge in [-0.2, -0.15) is 0 Å². The van der Waals surface area contributed by atoms with Gasteiger partial charge in [-0.3, -0.25) is 0 Å². The van der Waals surface area contributed by atoms with Crippen molar-refractivity contribution in [2.24, 2.45) is 0 Å². The third-order valence-electron chi connectivity index (χ3n) is 5.21. The maximum absolute atomic E-state index is 2.51. The highest BCUT2D eigenvalue weighted by Gasteiger charge is 2.41. The molecule has 2 unspecified atom stereocenters. The van der Waals surface area contributed by atoms with E-state index in [1.54, 1.807) is 0 Å². The lowest BCUT2D eigenvalue weighted by molar-refractivity contribution is -0.975. The summed E-state index contributed by atoms with van der Waals surface area (Å²) in [5, 5.41) is 0. The lowest BCUT2D eigenvalue weighted by Gasteiger charge is -2.52. The van der Waals surface area contributed by atoms with Gasteiger partial charge in [0.25, 0.3) is 0 Å². The number of likely N-dealkylation sites (tertiary alicyclic amines) is 1. The van der Waals surface area contributed by atoms with Gasteiger partial charge in [-0.1, -0.05) is 6.42 Å². The zero-order valence-corrected chi connectivity index (χ0v) is 10.7. The van der Waals surface area contributed by atoms with Crippen LogP contribution in [0.5, 0.6) is 0 Å². The van der Waals surface area contributed by atoms with E-state index in [4.69, 9.17) is 0 Å². The molecule has 0 radical (unpaired) electrons. The fourth-order valence-electron chi connectivity index (χ4n) is 4.19. The number of piperidine rings is 1. The molecule has 0 bridgehead atoms. The van der Waals surface area contributed by atoms with E-state index >= 15 is 0 Å². The van der Waals surface area contributed by atoms with Crippen LogP contribution in [0.3, 0.4) is 0 Å². The van der Waals surface area contributed by atoms with Crippen molar-refractivity contribution >= 4 is 0 Å². The second-order valence-electron chi connectivity index (χ2n) is 5.78. The maximum atomic E-state index is 2.51. The molecule has 1 heterocycles. The molecular weight excluding hydrogens is 182 g/mol. The Morgan fingerprint density at radius 2 is 1.60 bits per heavy atom. The van der Waals surface area contributed by atoms with Crippen molar-refractivity contribution in [3.63, 3.8) is 0 Å². The van der Waals surface area contributed by atoms with Gasteiger partial charge >= 0.3 is 0 Å². The van der Waals surface area contributed by atoms with E-state index in [9.17, 15) is 0 Å². The van der Waals surface area contributed by atoms with Crippen LogP contribution >= 0.6 is 0 Å². The third-order valence-corrected chi connectivity index (χ3v) is 5.21. The maximum Gasteiger partial charge on any atom is 0.0892 e. The Hall–Kier alpha value is -0.0400. The Morgan fingerprint density at radius 1 is 0.933 bits per heavy atom. The van der Waals surface area contributed by atoms with Crippen molar-refractivity contribution in [2.45, 2.75) is 77.3 Å². The first-order chi connectivity index (χ1) is 7.29.